The van der Waals surface area contributed by atoms with E-state index in [1.54, 1.807) is 11.8 Å². The molecule has 4 heteroatoms. The summed E-state index contributed by atoms with van der Waals surface area (Å²) in [5.74, 6) is 0.129. The molecule has 1 amide bonds. The topological polar surface area (TPSA) is 38.3 Å². The Morgan fingerprint density at radius 3 is 2.94 bits per heavy atom. The van der Waals surface area contributed by atoms with E-state index in [0.717, 1.165) is 6.42 Å². The molecule has 0 bridgehead atoms. The number of nitrogens with one attached hydrogen (secondary N) is 1. The molecule has 1 heterocycles. The van der Waals surface area contributed by atoms with Crippen LogP contribution in [0.5, 0.6) is 0 Å². The van der Waals surface area contributed by atoms with E-state index < -0.39 is 0 Å². The van der Waals surface area contributed by atoms with E-state index in [0.29, 0.717) is 13.2 Å². The molecular formula is C14H19NO2S. The minimum atomic E-state index is 0.0221. The Bertz CT molecular complexity index is 416. The monoisotopic (exact) mass is 265 g/mol. The molecule has 98 valence electrons. The largest absolute Gasteiger partial charge is 0.381 e. The summed E-state index contributed by atoms with van der Waals surface area (Å²) in [5, 5.41) is 3.08. The summed E-state index contributed by atoms with van der Waals surface area (Å²) >= 11 is 1.71. The van der Waals surface area contributed by atoms with Gasteiger partial charge < -0.3 is 10.1 Å². The Balaban J connectivity index is 2.02. The van der Waals surface area contributed by atoms with E-state index in [4.69, 9.17) is 4.74 Å². The standard InChI is InChI=1S/C14H19NO2S/c1-10(12-5-3-4-6-13(12)18-2)15-14(16)11-7-8-17-9-11/h3-6,10-11H,7-9H2,1-2H3,(H,15,16)/t10-,11?/m1/s1. The molecule has 0 radical (unpaired) electrons. The van der Waals surface area contributed by atoms with Gasteiger partial charge in [-0.3, -0.25) is 4.79 Å². The van der Waals surface area contributed by atoms with Crippen LogP contribution in [-0.2, 0) is 9.53 Å². The molecule has 1 aliphatic rings. The van der Waals surface area contributed by atoms with Crippen molar-refractivity contribution in [2.45, 2.75) is 24.3 Å². The van der Waals surface area contributed by atoms with Crippen molar-refractivity contribution in [1.82, 2.24) is 5.32 Å². The molecule has 1 aromatic rings. The third-order valence-corrected chi connectivity index (χ3v) is 4.08. The molecule has 18 heavy (non-hydrogen) atoms. The van der Waals surface area contributed by atoms with Crippen molar-refractivity contribution in [3.05, 3.63) is 29.8 Å². The van der Waals surface area contributed by atoms with Gasteiger partial charge in [0.15, 0.2) is 0 Å². The minimum Gasteiger partial charge on any atom is -0.381 e. The van der Waals surface area contributed by atoms with Crippen LogP contribution in [0.25, 0.3) is 0 Å². The van der Waals surface area contributed by atoms with Crippen molar-refractivity contribution in [3.63, 3.8) is 0 Å². The predicted molar refractivity (Wildman–Crippen MR) is 73.7 cm³/mol. The number of rotatable bonds is 4. The van der Waals surface area contributed by atoms with Crippen LogP contribution in [0.2, 0.25) is 0 Å². The van der Waals surface area contributed by atoms with E-state index >= 15 is 0 Å². The average Bonchev–Trinajstić information content (AvgIpc) is 2.92. The van der Waals surface area contributed by atoms with Crippen LogP contribution in [-0.4, -0.2) is 25.4 Å². The second-order valence-corrected chi connectivity index (χ2v) is 5.38. The molecule has 2 atom stereocenters. The quantitative estimate of drug-likeness (QED) is 0.851. The number of benzene rings is 1. The fraction of sp³-hybridized carbons (Fsp3) is 0.500. The highest BCUT2D eigenvalue weighted by atomic mass is 32.2. The molecule has 2 rings (SSSR count). The third kappa shape index (κ3) is 3.06. The van der Waals surface area contributed by atoms with Gasteiger partial charge in [0.25, 0.3) is 0 Å². The molecule has 0 aromatic heterocycles. The van der Waals surface area contributed by atoms with Crippen LogP contribution in [0.4, 0.5) is 0 Å². The average molecular weight is 265 g/mol. The van der Waals surface area contributed by atoms with Crippen molar-refractivity contribution >= 4 is 17.7 Å². The first kappa shape index (κ1) is 13.4. The normalized spacial score (nSPS) is 20.7. The second-order valence-electron chi connectivity index (χ2n) is 4.53. The summed E-state index contributed by atoms with van der Waals surface area (Å²) in [5.41, 5.74) is 1.18. The van der Waals surface area contributed by atoms with Crippen LogP contribution in [0.15, 0.2) is 29.2 Å². The maximum absolute atomic E-state index is 12.0. The van der Waals surface area contributed by atoms with E-state index in [1.165, 1.54) is 10.5 Å². The smallest absolute Gasteiger partial charge is 0.225 e. The van der Waals surface area contributed by atoms with Crippen LogP contribution in [0, 0.1) is 5.92 Å². The van der Waals surface area contributed by atoms with Crippen molar-refractivity contribution in [1.29, 1.82) is 0 Å². The first-order chi connectivity index (χ1) is 8.72. The van der Waals surface area contributed by atoms with Crippen molar-refractivity contribution < 1.29 is 9.53 Å². The number of hydrogen-bond donors (Lipinski definition) is 1. The number of hydrogen-bond acceptors (Lipinski definition) is 3. The Morgan fingerprint density at radius 1 is 1.50 bits per heavy atom. The number of thioether (sulfide) groups is 1. The molecule has 3 nitrogen and oxygen atoms in total. The summed E-state index contributed by atoms with van der Waals surface area (Å²) in [6.45, 7) is 3.29. The fourth-order valence-corrected chi connectivity index (χ4v) is 2.87. The molecule has 1 aromatic carbocycles. The van der Waals surface area contributed by atoms with E-state index in [9.17, 15) is 4.79 Å². The minimum absolute atomic E-state index is 0.0221. The zero-order valence-electron chi connectivity index (χ0n) is 10.8. The van der Waals surface area contributed by atoms with Gasteiger partial charge in [0.05, 0.1) is 18.6 Å². The second kappa shape index (κ2) is 6.25. The van der Waals surface area contributed by atoms with E-state index in [-0.39, 0.29) is 17.9 Å². The highest BCUT2D eigenvalue weighted by molar-refractivity contribution is 7.98. The first-order valence-electron chi connectivity index (χ1n) is 6.23. The fourth-order valence-electron chi connectivity index (χ4n) is 2.17. The van der Waals surface area contributed by atoms with Gasteiger partial charge in [0.2, 0.25) is 5.91 Å². The van der Waals surface area contributed by atoms with Crippen molar-refractivity contribution in [3.8, 4) is 0 Å². The first-order valence-corrected chi connectivity index (χ1v) is 7.46. The third-order valence-electron chi connectivity index (χ3n) is 3.26. The summed E-state index contributed by atoms with van der Waals surface area (Å²) in [7, 11) is 0. The maximum atomic E-state index is 12.0. The number of carbonyl (C=O) groups excluding carboxylic acids is 1. The molecule has 1 aliphatic heterocycles. The molecule has 0 spiro atoms. The zero-order chi connectivity index (χ0) is 13.0. The SMILES string of the molecule is CSc1ccccc1[C@@H](C)NC(=O)C1CCOC1. The summed E-state index contributed by atoms with van der Waals surface area (Å²) < 4.78 is 5.25. The summed E-state index contributed by atoms with van der Waals surface area (Å²) in [4.78, 5) is 13.2. The van der Waals surface area contributed by atoms with Crippen molar-refractivity contribution in [2.24, 2.45) is 5.92 Å². The van der Waals surface area contributed by atoms with Gasteiger partial charge >= 0.3 is 0 Å². The molecule has 1 N–H and O–H groups in total. The summed E-state index contributed by atoms with van der Waals surface area (Å²) in [6, 6.07) is 8.23. The Hall–Kier alpha value is -1.00. The molecule has 1 fully saturated rings. The molecular weight excluding hydrogens is 246 g/mol. The van der Waals surface area contributed by atoms with Crippen LogP contribution in [0.3, 0.4) is 0 Å². The van der Waals surface area contributed by atoms with E-state index in [1.807, 2.05) is 19.1 Å². The van der Waals surface area contributed by atoms with Gasteiger partial charge in [0.1, 0.15) is 0 Å². The van der Waals surface area contributed by atoms with E-state index in [2.05, 4.69) is 23.7 Å². The Labute approximate surface area is 112 Å². The number of ether oxygens (including phenoxy) is 1. The summed E-state index contributed by atoms with van der Waals surface area (Å²) in [6.07, 6.45) is 2.89. The van der Waals surface area contributed by atoms with Crippen LogP contribution in [0.1, 0.15) is 24.9 Å². The lowest BCUT2D eigenvalue weighted by Gasteiger charge is -2.19. The van der Waals surface area contributed by atoms with Crippen LogP contribution >= 0.6 is 11.8 Å². The van der Waals surface area contributed by atoms with Gasteiger partial charge in [-0.1, -0.05) is 18.2 Å². The Kier molecular flexibility index (Phi) is 4.66. The van der Waals surface area contributed by atoms with Crippen molar-refractivity contribution in [2.75, 3.05) is 19.5 Å². The lowest BCUT2D eigenvalue weighted by Crippen LogP contribution is -2.33. The number of amides is 1. The van der Waals surface area contributed by atoms with Gasteiger partial charge in [-0.2, -0.15) is 0 Å². The zero-order valence-corrected chi connectivity index (χ0v) is 11.6. The van der Waals surface area contributed by atoms with Gasteiger partial charge in [-0.15, -0.1) is 11.8 Å². The molecule has 1 saturated heterocycles. The molecule has 0 aliphatic carbocycles. The molecule has 0 saturated carbocycles. The van der Waals surface area contributed by atoms with Gasteiger partial charge in [-0.25, -0.2) is 0 Å². The Morgan fingerprint density at radius 2 is 2.28 bits per heavy atom. The highest BCUT2D eigenvalue weighted by Crippen LogP contribution is 2.26. The van der Waals surface area contributed by atoms with Gasteiger partial charge in [0, 0.05) is 11.5 Å². The lowest BCUT2D eigenvalue weighted by molar-refractivity contribution is -0.125. The van der Waals surface area contributed by atoms with Gasteiger partial charge in [-0.05, 0) is 31.2 Å². The molecule has 1 unspecified atom stereocenters. The maximum Gasteiger partial charge on any atom is 0.225 e. The number of carbonyl (C=O) groups is 1. The van der Waals surface area contributed by atoms with Crippen LogP contribution < -0.4 is 5.32 Å². The highest BCUT2D eigenvalue weighted by Gasteiger charge is 2.25. The predicted octanol–water partition coefficient (Wildman–Crippen LogP) is 2.62. The lowest BCUT2D eigenvalue weighted by atomic mass is 10.1.